The van der Waals surface area contributed by atoms with E-state index in [9.17, 15) is 0 Å². The summed E-state index contributed by atoms with van der Waals surface area (Å²) in [6.07, 6.45) is 2.35. The van der Waals surface area contributed by atoms with Gasteiger partial charge in [-0.3, -0.25) is 4.57 Å². The molecule has 1 aliphatic heterocycles. The molecule has 2 heterocycles. The van der Waals surface area contributed by atoms with Crippen LogP contribution in [-0.4, -0.2) is 27.9 Å². The maximum Gasteiger partial charge on any atom is 0.144 e. The van der Waals surface area contributed by atoms with E-state index in [-0.39, 0.29) is 5.41 Å². The third kappa shape index (κ3) is 2.16. The Balaban J connectivity index is 2.08. The number of aryl methyl sites for hydroxylation is 1. The SMILES string of the molecule is Cc1nnc(C2(C)CCCNC2)n1-c1ccccc1. The Morgan fingerprint density at radius 2 is 2.00 bits per heavy atom. The van der Waals surface area contributed by atoms with Crippen molar-refractivity contribution in [3.8, 4) is 5.69 Å². The molecule has 0 radical (unpaired) electrons. The minimum absolute atomic E-state index is 0.0648. The summed E-state index contributed by atoms with van der Waals surface area (Å²) in [5.41, 5.74) is 1.21. The zero-order valence-corrected chi connectivity index (χ0v) is 11.6. The van der Waals surface area contributed by atoms with Crippen molar-refractivity contribution < 1.29 is 0 Å². The summed E-state index contributed by atoms with van der Waals surface area (Å²) in [7, 11) is 0. The zero-order valence-electron chi connectivity index (χ0n) is 11.6. The quantitative estimate of drug-likeness (QED) is 0.896. The molecule has 1 atom stereocenters. The minimum Gasteiger partial charge on any atom is -0.316 e. The second-order valence-electron chi connectivity index (χ2n) is 5.58. The maximum atomic E-state index is 4.46. The first-order valence-electron chi connectivity index (χ1n) is 6.89. The van der Waals surface area contributed by atoms with Crippen molar-refractivity contribution in [1.82, 2.24) is 20.1 Å². The predicted molar refractivity (Wildman–Crippen MR) is 75.6 cm³/mol. The Labute approximate surface area is 113 Å². The van der Waals surface area contributed by atoms with Gasteiger partial charge in [-0.2, -0.15) is 0 Å². The average molecular weight is 256 g/mol. The molecule has 3 rings (SSSR count). The van der Waals surface area contributed by atoms with E-state index in [2.05, 4.69) is 51.3 Å². The molecule has 0 amide bonds. The largest absolute Gasteiger partial charge is 0.316 e. The number of hydrogen-bond acceptors (Lipinski definition) is 3. The number of para-hydroxylation sites is 1. The lowest BCUT2D eigenvalue weighted by Crippen LogP contribution is -2.42. The van der Waals surface area contributed by atoms with Crippen molar-refractivity contribution >= 4 is 0 Å². The smallest absolute Gasteiger partial charge is 0.144 e. The van der Waals surface area contributed by atoms with E-state index in [1.54, 1.807) is 0 Å². The highest BCUT2D eigenvalue weighted by atomic mass is 15.3. The van der Waals surface area contributed by atoms with Gasteiger partial charge < -0.3 is 5.32 Å². The molecule has 1 N–H and O–H groups in total. The Bertz CT molecular complexity index is 553. The molecule has 1 fully saturated rings. The standard InChI is InChI=1S/C15H20N4/c1-12-17-18-14(15(2)9-6-10-16-11-15)19(12)13-7-4-3-5-8-13/h3-5,7-8,16H,6,9-11H2,1-2H3. The van der Waals surface area contributed by atoms with Gasteiger partial charge >= 0.3 is 0 Å². The molecule has 0 saturated carbocycles. The number of benzene rings is 1. The summed E-state index contributed by atoms with van der Waals surface area (Å²) in [6, 6.07) is 10.4. The van der Waals surface area contributed by atoms with E-state index >= 15 is 0 Å². The van der Waals surface area contributed by atoms with Crippen LogP contribution in [0.5, 0.6) is 0 Å². The zero-order chi connectivity index (χ0) is 13.3. The highest BCUT2D eigenvalue weighted by Gasteiger charge is 2.34. The van der Waals surface area contributed by atoms with E-state index in [0.717, 1.165) is 36.8 Å². The number of rotatable bonds is 2. The molecule has 1 saturated heterocycles. The van der Waals surface area contributed by atoms with Gasteiger partial charge in [-0.15, -0.1) is 10.2 Å². The van der Waals surface area contributed by atoms with Crippen molar-refractivity contribution in [1.29, 1.82) is 0 Å². The highest BCUT2D eigenvalue weighted by molar-refractivity contribution is 5.35. The number of aromatic nitrogens is 3. The monoisotopic (exact) mass is 256 g/mol. The number of hydrogen-bond donors (Lipinski definition) is 1. The van der Waals surface area contributed by atoms with Crippen LogP contribution in [0.4, 0.5) is 0 Å². The topological polar surface area (TPSA) is 42.7 Å². The van der Waals surface area contributed by atoms with Gasteiger partial charge in [0.15, 0.2) is 0 Å². The van der Waals surface area contributed by atoms with Crippen LogP contribution in [0.15, 0.2) is 30.3 Å². The molecule has 1 aromatic heterocycles. The summed E-state index contributed by atoms with van der Waals surface area (Å²) >= 11 is 0. The molecule has 1 aromatic carbocycles. The maximum absolute atomic E-state index is 4.46. The molecule has 2 aromatic rings. The Hall–Kier alpha value is -1.68. The fourth-order valence-electron chi connectivity index (χ4n) is 2.89. The van der Waals surface area contributed by atoms with E-state index < -0.39 is 0 Å². The van der Waals surface area contributed by atoms with Crippen molar-refractivity contribution in [3.05, 3.63) is 42.0 Å². The molecule has 1 aliphatic rings. The predicted octanol–water partition coefficient (Wildman–Crippen LogP) is 2.22. The van der Waals surface area contributed by atoms with Crippen LogP contribution in [0, 0.1) is 6.92 Å². The molecule has 1 unspecified atom stereocenters. The number of piperidine rings is 1. The summed E-state index contributed by atoms with van der Waals surface area (Å²) in [5, 5.41) is 12.2. The summed E-state index contributed by atoms with van der Waals surface area (Å²) in [4.78, 5) is 0. The first kappa shape index (κ1) is 12.4. The van der Waals surface area contributed by atoms with Crippen LogP contribution in [0.25, 0.3) is 5.69 Å². The summed E-state index contributed by atoms with van der Waals surface area (Å²) in [6.45, 7) is 6.37. The normalized spacial score (nSPS) is 23.5. The Morgan fingerprint density at radius 3 is 2.68 bits per heavy atom. The van der Waals surface area contributed by atoms with E-state index in [4.69, 9.17) is 0 Å². The van der Waals surface area contributed by atoms with Crippen molar-refractivity contribution in [2.75, 3.05) is 13.1 Å². The highest BCUT2D eigenvalue weighted by Crippen LogP contribution is 2.31. The minimum atomic E-state index is 0.0648. The van der Waals surface area contributed by atoms with Gasteiger partial charge in [0.2, 0.25) is 0 Å². The van der Waals surface area contributed by atoms with Crippen molar-refractivity contribution in [2.24, 2.45) is 0 Å². The Kier molecular flexibility index (Phi) is 3.11. The lowest BCUT2D eigenvalue weighted by atomic mass is 9.82. The lowest BCUT2D eigenvalue weighted by molar-refractivity contribution is 0.319. The number of nitrogens with one attached hydrogen (secondary N) is 1. The van der Waals surface area contributed by atoms with Gasteiger partial charge in [0.25, 0.3) is 0 Å². The van der Waals surface area contributed by atoms with Crippen LogP contribution < -0.4 is 5.32 Å². The molecule has 19 heavy (non-hydrogen) atoms. The van der Waals surface area contributed by atoms with Gasteiger partial charge in [-0.25, -0.2) is 0 Å². The van der Waals surface area contributed by atoms with E-state index in [1.165, 1.54) is 6.42 Å². The average Bonchev–Trinajstić information content (AvgIpc) is 2.83. The van der Waals surface area contributed by atoms with Crippen LogP contribution in [0.2, 0.25) is 0 Å². The van der Waals surface area contributed by atoms with Crippen LogP contribution >= 0.6 is 0 Å². The van der Waals surface area contributed by atoms with Gasteiger partial charge in [0, 0.05) is 17.6 Å². The van der Waals surface area contributed by atoms with Gasteiger partial charge in [0.1, 0.15) is 11.6 Å². The van der Waals surface area contributed by atoms with Crippen molar-refractivity contribution in [3.63, 3.8) is 0 Å². The van der Waals surface area contributed by atoms with Gasteiger partial charge in [-0.1, -0.05) is 25.1 Å². The van der Waals surface area contributed by atoms with E-state index in [0.29, 0.717) is 0 Å². The molecular formula is C15H20N4. The van der Waals surface area contributed by atoms with Crippen LogP contribution in [0.1, 0.15) is 31.4 Å². The second-order valence-corrected chi connectivity index (χ2v) is 5.58. The van der Waals surface area contributed by atoms with Gasteiger partial charge in [-0.05, 0) is 38.4 Å². The van der Waals surface area contributed by atoms with Crippen LogP contribution in [-0.2, 0) is 5.41 Å². The summed E-state index contributed by atoms with van der Waals surface area (Å²) in [5.74, 6) is 2.02. The first-order valence-corrected chi connectivity index (χ1v) is 6.89. The fraction of sp³-hybridized carbons (Fsp3) is 0.467. The van der Waals surface area contributed by atoms with Crippen molar-refractivity contribution in [2.45, 2.75) is 32.1 Å². The third-order valence-corrected chi connectivity index (χ3v) is 3.98. The van der Waals surface area contributed by atoms with Gasteiger partial charge in [0.05, 0.1) is 0 Å². The summed E-state index contributed by atoms with van der Waals surface area (Å²) < 4.78 is 2.19. The molecule has 0 bridgehead atoms. The molecule has 100 valence electrons. The third-order valence-electron chi connectivity index (χ3n) is 3.98. The van der Waals surface area contributed by atoms with E-state index in [1.807, 2.05) is 13.0 Å². The second kappa shape index (κ2) is 4.78. The molecule has 4 heteroatoms. The first-order chi connectivity index (χ1) is 9.21. The molecular weight excluding hydrogens is 236 g/mol. The molecule has 0 aliphatic carbocycles. The Morgan fingerprint density at radius 1 is 1.21 bits per heavy atom. The molecule has 4 nitrogen and oxygen atoms in total. The molecule has 0 spiro atoms. The lowest BCUT2D eigenvalue weighted by Gasteiger charge is -2.33. The number of nitrogens with zero attached hydrogens (tertiary/aromatic N) is 3. The fourth-order valence-corrected chi connectivity index (χ4v) is 2.89. The van der Waals surface area contributed by atoms with Crippen LogP contribution in [0.3, 0.4) is 0 Å².